The number of hydrogen-bond acceptors (Lipinski definition) is 4. The first kappa shape index (κ1) is 20.2. The first-order chi connectivity index (χ1) is 14.5. The number of amides is 2. The predicted molar refractivity (Wildman–Crippen MR) is 124 cm³/mol. The summed E-state index contributed by atoms with van der Waals surface area (Å²) in [6.07, 6.45) is 0. The minimum Gasteiger partial charge on any atom is -0.349 e. The molecule has 0 bridgehead atoms. The predicted octanol–water partition coefficient (Wildman–Crippen LogP) is 4.46. The smallest absolute Gasteiger partial charge is 0.254 e. The zero-order valence-corrected chi connectivity index (χ0v) is 17.8. The molecule has 0 saturated carbocycles. The second-order valence-corrected chi connectivity index (χ2v) is 8.25. The summed E-state index contributed by atoms with van der Waals surface area (Å²) in [7, 11) is 0. The Morgan fingerprint density at radius 1 is 1.10 bits per heavy atom. The lowest BCUT2D eigenvalue weighted by molar-refractivity contribution is -0.119. The van der Waals surface area contributed by atoms with Gasteiger partial charge in [-0.15, -0.1) is 0 Å². The quantitative estimate of drug-likeness (QED) is 0.667. The van der Waals surface area contributed by atoms with Crippen molar-refractivity contribution in [2.75, 3.05) is 17.2 Å². The van der Waals surface area contributed by atoms with E-state index in [0.717, 1.165) is 27.6 Å². The van der Waals surface area contributed by atoms with Crippen LogP contribution in [0, 0.1) is 6.92 Å². The summed E-state index contributed by atoms with van der Waals surface area (Å²) in [6.45, 7) is 4.10. The van der Waals surface area contributed by atoms with Gasteiger partial charge < -0.3 is 5.32 Å². The summed E-state index contributed by atoms with van der Waals surface area (Å²) < 4.78 is 0. The Morgan fingerprint density at radius 2 is 1.83 bits per heavy atom. The van der Waals surface area contributed by atoms with Gasteiger partial charge in [0.15, 0.2) is 5.17 Å². The van der Waals surface area contributed by atoms with Crippen LogP contribution in [0.5, 0.6) is 0 Å². The van der Waals surface area contributed by atoms with Crippen LogP contribution in [-0.2, 0) is 9.59 Å². The molecule has 3 aromatic carbocycles. The monoisotopic (exact) mass is 417 g/mol. The zero-order valence-electron chi connectivity index (χ0n) is 17.0. The van der Waals surface area contributed by atoms with E-state index in [1.807, 2.05) is 62.4 Å². The molecule has 30 heavy (non-hydrogen) atoms. The highest BCUT2D eigenvalue weighted by molar-refractivity contribution is 8.14. The molecule has 0 fully saturated rings. The summed E-state index contributed by atoms with van der Waals surface area (Å²) in [4.78, 5) is 30.8. The maximum Gasteiger partial charge on any atom is 0.254 e. The van der Waals surface area contributed by atoms with Crippen LogP contribution in [0.2, 0.25) is 0 Å². The lowest BCUT2D eigenvalue weighted by Gasteiger charge is -2.19. The topological polar surface area (TPSA) is 61.8 Å². The Labute approximate surface area is 180 Å². The van der Waals surface area contributed by atoms with Crippen LogP contribution in [0.15, 0.2) is 71.7 Å². The van der Waals surface area contributed by atoms with Crippen LogP contribution < -0.4 is 10.2 Å². The number of carbonyl (C=O) groups is 2. The minimum absolute atomic E-state index is 0.0779. The molecule has 0 radical (unpaired) electrons. The Kier molecular flexibility index (Phi) is 5.86. The molecule has 3 aromatic rings. The van der Waals surface area contributed by atoms with E-state index in [0.29, 0.717) is 5.17 Å². The van der Waals surface area contributed by atoms with E-state index in [2.05, 4.69) is 28.5 Å². The van der Waals surface area contributed by atoms with E-state index >= 15 is 0 Å². The largest absolute Gasteiger partial charge is 0.349 e. The molecule has 1 aliphatic rings. The third kappa shape index (κ3) is 4.24. The van der Waals surface area contributed by atoms with E-state index < -0.39 is 0 Å². The number of anilines is 1. The molecule has 1 aliphatic heterocycles. The second kappa shape index (κ2) is 8.71. The maximum absolute atomic E-state index is 12.6. The van der Waals surface area contributed by atoms with Crippen molar-refractivity contribution >= 4 is 45.2 Å². The van der Waals surface area contributed by atoms with Gasteiger partial charge in [0.2, 0.25) is 5.91 Å². The van der Waals surface area contributed by atoms with E-state index in [1.165, 1.54) is 11.8 Å². The van der Waals surface area contributed by atoms with E-state index in [9.17, 15) is 9.59 Å². The first-order valence-electron chi connectivity index (χ1n) is 9.87. The highest BCUT2D eigenvalue weighted by atomic mass is 32.2. The average Bonchev–Trinajstić information content (AvgIpc) is 3.12. The summed E-state index contributed by atoms with van der Waals surface area (Å²) in [6, 6.07) is 21.9. The number of rotatable bonds is 5. The van der Waals surface area contributed by atoms with Gasteiger partial charge in [-0.2, -0.15) is 0 Å². The number of aryl methyl sites for hydroxylation is 1. The highest BCUT2D eigenvalue weighted by Gasteiger charge is 2.28. The van der Waals surface area contributed by atoms with Crippen molar-refractivity contribution in [3.63, 3.8) is 0 Å². The second-order valence-electron chi connectivity index (χ2n) is 7.31. The summed E-state index contributed by atoms with van der Waals surface area (Å²) in [5.74, 6) is 0.0288. The van der Waals surface area contributed by atoms with E-state index in [-0.39, 0.29) is 30.2 Å². The van der Waals surface area contributed by atoms with Crippen molar-refractivity contribution in [1.82, 2.24) is 5.32 Å². The molecule has 1 atom stereocenters. The van der Waals surface area contributed by atoms with Gasteiger partial charge in [0.1, 0.15) is 6.54 Å². The number of carbonyl (C=O) groups excluding carboxylic acids is 2. The van der Waals surface area contributed by atoms with Gasteiger partial charge in [-0.1, -0.05) is 71.9 Å². The molecule has 1 N–H and O–H groups in total. The number of fused-ring (bicyclic) bond motifs is 1. The molecule has 6 heteroatoms. The first-order valence-corrected chi connectivity index (χ1v) is 10.9. The average molecular weight is 418 g/mol. The van der Waals surface area contributed by atoms with Crippen molar-refractivity contribution in [2.45, 2.75) is 19.9 Å². The highest BCUT2D eigenvalue weighted by Crippen LogP contribution is 2.26. The third-order valence-corrected chi connectivity index (χ3v) is 6.06. The molecule has 0 aliphatic carbocycles. The molecule has 0 aromatic heterocycles. The number of amidine groups is 1. The Balaban J connectivity index is 1.40. The zero-order chi connectivity index (χ0) is 21.1. The molecular weight excluding hydrogens is 394 g/mol. The number of thioether (sulfide) groups is 1. The fourth-order valence-electron chi connectivity index (χ4n) is 3.56. The Morgan fingerprint density at radius 3 is 2.63 bits per heavy atom. The van der Waals surface area contributed by atoms with Crippen molar-refractivity contribution in [1.29, 1.82) is 0 Å². The van der Waals surface area contributed by atoms with Gasteiger partial charge in [-0.3, -0.25) is 19.5 Å². The van der Waals surface area contributed by atoms with E-state index in [1.54, 1.807) is 4.90 Å². The molecule has 4 rings (SSSR count). The number of aliphatic imine (C=N–C) groups is 1. The lowest BCUT2D eigenvalue weighted by atomic mass is 10.00. The summed E-state index contributed by atoms with van der Waals surface area (Å²) in [5, 5.41) is 5.92. The number of nitrogens with one attached hydrogen (secondary N) is 1. The van der Waals surface area contributed by atoms with Crippen LogP contribution in [0.3, 0.4) is 0 Å². The molecule has 0 saturated heterocycles. The van der Waals surface area contributed by atoms with Crippen molar-refractivity contribution in [3.8, 4) is 0 Å². The molecule has 5 nitrogen and oxygen atoms in total. The van der Waals surface area contributed by atoms with Crippen LogP contribution in [0.25, 0.3) is 10.8 Å². The standard InChI is InChI=1S/C24H23N3O2S/c1-16-10-12-19(13-11-16)27-23(29)14-25-24(27)30-15-22(28)26-17(2)20-9-5-7-18-6-3-4-8-21(18)20/h3-13,17H,14-15H2,1-2H3,(H,26,28)/t17-/m0/s1. The number of nitrogens with zero attached hydrogens (tertiary/aromatic N) is 2. The third-order valence-electron chi connectivity index (χ3n) is 5.08. The maximum atomic E-state index is 12.6. The van der Waals surface area contributed by atoms with Crippen LogP contribution >= 0.6 is 11.8 Å². The van der Waals surface area contributed by atoms with Crippen molar-refractivity contribution in [3.05, 3.63) is 77.9 Å². The van der Waals surface area contributed by atoms with Gasteiger partial charge in [-0.05, 0) is 42.3 Å². The van der Waals surface area contributed by atoms with Gasteiger partial charge in [0.05, 0.1) is 17.5 Å². The number of benzene rings is 3. The summed E-state index contributed by atoms with van der Waals surface area (Å²) in [5.41, 5.74) is 2.98. The molecular formula is C24H23N3O2S. The molecule has 0 unspecified atom stereocenters. The van der Waals surface area contributed by atoms with E-state index in [4.69, 9.17) is 0 Å². The summed E-state index contributed by atoms with van der Waals surface area (Å²) >= 11 is 1.29. The van der Waals surface area contributed by atoms with Crippen molar-refractivity contribution < 1.29 is 9.59 Å². The lowest BCUT2D eigenvalue weighted by Crippen LogP contribution is -2.33. The normalized spacial score (nSPS) is 14.7. The SMILES string of the molecule is Cc1ccc(N2C(=O)CN=C2SCC(=O)N[C@@H](C)c2cccc3ccccc23)cc1. The van der Waals surface area contributed by atoms with Gasteiger partial charge in [0, 0.05) is 0 Å². The fraction of sp³-hybridized carbons (Fsp3) is 0.208. The molecule has 1 heterocycles. The Bertz CT molecular complexity index is 1120. The Hall–Kier alpha value is -3.12. The molecule has 0 spiro atoms. The fourth-order valence-corrected chi connectivity index (χ4v) is 4.40. The van der Waals surface area contributed by atoms with Crippen molar-refractivity contribution in [2.24, 2.45) is 4.99 Å². The van der Waals surface area contributed by atoms with Crippen LogP contribution in [0.4, 0.5) is 5.69 Å². The molecule has 152 valence electrons. The van der Waals surface area contributed by atoms with Gasteiger partial charge in [-0.25, -0.2) is 0 Å². The minimum atomic E-state index is -0.121. The van der Waals surface area contributed by atoms with Gasteiger partial charge in [0.25, 0.3) is 5.91 Å². The van der Waals surface area contributed by atoms with Gasteiger partial charge >= 0.3 is 0 Å². The van der Waals surface area contributed by atoms with Crippen LogP contribution in [0.1, 0.15) is 24.1 Å². The molecule has 2 amide bonds. The van der Waals surface area contributed by atoms with Crippen LogP contribution in [-0.4, -0.2) is 29.3 Å². The number of hydrogen-bond donors (Lipinski definition) is 1.